The van der Waals surface area contributed by atoms with Crippen LogP contribution in [-0.4, -0.2) is 16.3 Å². The van der Waals surface area contributed by atoms with Gasteiger partial charge in [0.25, 0.3) is 0 Å². The molecule has 2 N–H and O–H groups in total. The Kier molecular flexibility index (Phi) is 15.6. The molecule has 0 aliphatic rings. The Bertz CT molecular complexity index is 287. The fraction of sp³-hybridized carbons (Fsp3) is 0.833. The molecule has 0 amide bonds. The van der Waals surface area contributed by atoms with Crippen molar-refractivity contribution < 1.29 is 20.0 Å². The summed E-state index contributed by atoms with van der Waals surface area (Å²) in [6, 6.07) is 0. The molecular weight excluding hydrogens is 280 g/mol. The van der Waals surface area contributed by atoms with Crippen molar-refractivity contribution in [2.45, 2.75) is 96.8 Å². The zero-order valence-corrected chi connectivity index (χ0v) is 14.2. The predicted octanol–water partition coefficient (Wildman–Crippen LogP) is 5.93. The van der Waals surface area contributed by atoms with Crippen molar-refractivity contribution in [1.82, 2.24) is 0 Å². The van der Waals surface area contributed by atoms with Crippen LogP contribution in [-0.2, 0) is 9.68 Å². The van der Waals surface area contributed by atoms with E-state index in [9.17, 15) is 4.79 Å². The van der Waals surface area contributed by atoms with Gasteiger partial charge in [0.15, 0.2) is 0 Å². The number of carboxylic acid groups (broad SMARTS) is 1. The molecule has 0 rings (SSSR count). The van der Waals surface area contributed by atoms with Crippen molar-refractivity contribution in [1.29, 1.82) is 0 Å². The van der Waals surface area contributed by atoms with Crippen molar-refractivity contribution in [2.75, 3.05) is 0 Å². The number of rotatable bonds is 16. The Morgan fingerprint density at radius 3 is 2.00 bits per heavy atom. The van der Waals surface area contributed by atoms with Crippen molar-refractivity contribution in [2.24, 2.45) is 0 Å². The van der Waals surface area contributed by atoms with E-state index in [1.54, 1.807) is 0 Å². The second kappa shape index (κ2) is 16.3. The Labute approximate surface area is 135 Å². The average molecular weight is 314 g/mol. The molecule has 0 aromatic heterocycles. The second-order valence-electron chi connectivity index (χ2n) is 5.98. The van der Waals surface area contributed by atoms with Crippen molar-refractivity contribution >= 4 is 5.97 Å². The topological polar surface area (TPSA) is 66.8 Å². The van der Waals surface area contributed by atoms with E-state index >= 15 is 0 Å². The third-order valence-corrected chi connectivity index (χ3v) is 3.86. The lowest BCUT2D eigenvalue weighted by Gasteiger charge is -2.04. The molecule has 0 spiro atoms. The number of carboxylic acids is 1. The van der Waals surface area contributed by atoms with Gasteiger partial charge in [0.05, 0.1) is 0 Å². The van der Waals surface area contributed by atoms with Crippen molar-refractivity contribution in [3.63, 3.8) is 0 Å². The molecule has 0 unspecified atom stereocenters. The number of aliphatic carboxylic acids is 1. The summed E-state index contributed by atoms with van der Waals surface area (Å²) < 4.78 is 0. The van der Waals surface area contributed by atoms with Crippen LogP contribution in [0.25, 0.3) is 0 Å². The Morgan fingerprint density at radius 2 is 1.41 bits per heavy atom. The highest BCUT2D eigenvalue weighted by Crippen LogP contribution is 2.14. The molecule has 0 aromatic rings. The molecule has 0 saturated heterocycles. The van der Waals surface area contributed by atoms with Crippen LogP contribution >= 0.6 is 0 Å². The molecule has 0 atom stereocenters. The number of hydrogen-bond acceptors (Lipinski definition) is 3. The number of unbranched alkanes of at least 4 members (excludes halogenated alkanes) is 10. The van der Waals surface area contributed by atoms with E-state index in [1.807, 2.05) is 6.08 Å². The van der Waals surface area contributed by atoms with E-state index in [0.717, 1.165) is 51.4 Å². The Hall–Kier alpha value is -1.03. The van der Waals surface area contributed by atoms with Gasteiger partial charge in [-0.1, -0.05) is 58.3 Å². The minimum absolute atomic E-state index is 0.278. The number of carbonyl (C=O) groups is 1. The Balaban J connectivity index is 3.48. The maximum absolute atomic E-state index is 10.4. The normalized spacial score (nSPS) is 11.6. The van der Waals surface area contributed by atoms with Gasteiger partial charge in [-0.2, -0.15) is 0 Å². The molecule has 0 aliphatic carbocycles. The lowest BCUT2D eigenvalue weighted by Crippen LogP contribution is -1.93. The molecular formula is C18H34O4. The summed E-state index contributed by atoms with van der Waals surface area (Å²) in [7, 11) is 0. The van der Waals surface area contributed by atoms with Gasteiger partial charge in [-0.3, -0.25) is 4.79 Å². The van der Waals surface area contributed by atoms with E-state index < -0.39 is 5.97 Å². The van der Waals surface area contributed by atoms with Gasteiger partial charge >= 0.3 is 5.97 Å². The fourth-order valence-electron chi connectivity index (χ4n) is 2.48. The molecule has 4 heteroatoms. The zero-order chi connectivity index (χ0) is 16.5. The molecule has 0 aliphatic heterocycles. The largest absolute Gasteiger partial charge is 0.481 e. The molecule has 130 valence electrons. The molecule has 4 nitrogen and oxygen atoms in total. The monoisotopic (exact) mass is 314 g/mol. The van der Waals surface area contributed by atoms with Crippen LogP contribution in [0.1, 0.15) is 96.8 Å². The van der Waals surface area contributed by atoms with Crippen molar-refractivity contribution in [3.8, 4) is 0 Å². The zero-order valence-electron chi connectivity index (χ0n) is 14.2. The van der Waals surface area contributed by atoms with Crippen LogP contribution < -0.4 is 0 Å². The Morgan fingerprint density at radius 1 is 0.864 bits per heavy atom. The van der Waals surface area contributed by atoms with Crippen LogP contribution in [0.5, 0.6) is 0 Å². The van der Waals surface area contributed by atoms with Gasteiger partial charge in [0, 0.05) is 12.8 Å². The average Bonchev–Trinajstić information content (AvgIpc) is 2.50. The summed E-state index contributed by atoms with van der Waals surface area (Å²) >= 11 is 0. The molecule has 0 bridgehead atoms. The predicted molar refractivity (Wildman–Crippen MR) is 89.7 cm³/mol. The van der Waals surface area contributed by atoms with E-state index in [0.29, 0.717) is 5.76 Å². The fourth-order valence-corrected chi connectivity index (χ4v) is 2.48. The van der Waals surface area contributed by atoms with Crippen LogP contribution in [0.4, 0.5) is 0 Å². The van der Waals surface area contributed by atoms with Gasteiger partial charge in [0.2, 0.25) is 0 Å². The number of hydrogen-bond donors (Lipinski definition) is 2. The summed E-state index contributed by atoms with van der Waals surface area (Å²) in [6.07, 6.45) is 16.4. The molecule has 0 radical (unpaired) electrons. The standard InChI is InChI=1S/C18H34O4/c1-2-3-4-5-8-11-14-17(22-21)15-12-9-6-7-10-13-16-18(19)20/h15,21H,2-14,16H2,1H3,(H,19,20)/b17-15+. The maximum Gasteiger partial charge on any atom is 0.303 e. The van der Waals surface area contributed by atoms with E-state index in [-0.39, 0.29) is 6.42 Å². The maximum atomic E-state index is 10.4. The molecule has 0 heterocycles. The van der Waals surface area contributed by atoms with Crippen molar-refractivity contribution in [3.05, 3.63) is 11.8 Å². The minimum atomic E-state index is -0.706. The van der Waals surface area contributed by atoms with Gasteiger partial charge in [-0.15, -0.1) is 0 Å². The molecule has 0 aromatic carbocycles. The third kappa shape index (κ3) is 15.4. The highest BCUT2D eigenvalue weighted by atomic mass is 17.1. The SMILES string of the molecule is CCCCCCCC/C(=C\CCCCCCCC(=O)O)OO. The van der Waals surface area contributed by atoms with Crippen LogP contribution in [0.3, 0.4) is 0 Å². The summed E-state index contributed by atoms with van der Waals surface area (Å²) in [5.41, 5.74) is 0. The van der Waals surface area contributed by atoms with Crippen LogP contribution in [0.15, 0.2) is 11.8 Å². The van der Waals surface area contributed by atoms with Gasteiger partial charge in [-0.05, 0) is 31.8 Å². The first-order valence-corrected chi connectivity index (χ1v) is 8.93. The lowest BCUT2D eigenvalue weighted by molar-refractivity contribution is -0.206. The summed E-state index contributed by atoms with van der Waals surface area (Å²) in [5, 5.41) is 17.4. The quantitative estimate of drug-likeness (QED) is 0.160. The van der Waals surface area contributed by atoms with Crippen LogP contribution in [0, 0.1) is 0 Å². The van der Waals surface area contributed by atoms with E-state index in [2.05, 4.69) is 11.8 Å². The smallest absolute Gasteiger partial charge is 0.303 e. The second-order valence-corrected chi connectivity index (χ2v) is 5.98. The third-order valence-electron chi connectivity index (χ3n) is 3.86. The number of allylic oxidation sites excluding steroid dienone is 2. The molecule has 22 heavy (non-hydrogen) atoms. The summed E-state index contributed by atoms with van der Waals surface area (Å²) in [4.78, 5) is 14.8. The van der Waals surface area contributed by atoms with Gasteiger partial charge < -0.3 is 9.99 Å². The highest BCUT2D eigenvalue weighted by Gasteiger charge is 2.00. The summed E-state index contributed by atoms with van der Waals surface area (Å²) in [5.74, 6) is -0.0104. The first-order valence-electron chi connectivity index (χ1n) is 8.93. The molecule has 0 saturated carbocycles. The lowest BCUT2D eigenvalue weighted by atomic mass is 10.1. The minimum Gasteiger partial charge on any atom is -0.481 e. The summed E-state index contributed by atoms with van der Waals surface area (Å²) in [6.45, 7) is 2.21. The van der Waals surface area contributed by atoms with E-state index in [4.69, 9.17) is 10.4 Å². The van der Waals surface area contributed by atoms with Gasteiger partial charge in [0.1, 0.15) is 5.76 Å². The van der Waals surface area contributed by atoms with Crippen LogP contribution in [0.2, 0.25) is 0 Å². The first kappa shape index (κ1) is 21.0. The van der Waals surface area contributed by atoms with E-state index in [1.165, 1.54) is 32.1 Å². The first-order chi connectivity index (χ1) is 10.7. The highest BCUT2D eigenvalue weighted by molar-refractivity contribution is 5.66. The molecule has 0 fully saturated rings. The van der Waals surface area contributed by atoms with Gasteiger partial charge in [-0.25, -0.2) is 5.26 Å².